The van der Waals surface area contributed by atoms with Crippen LogP contribution in [-0.2, 0) is 4.74 Å². The molecule has 0 aliphatic carbocycles. The molecule has 1 saturated heterocycles. The molecule has 1 N–H and O–H groups in total. The summed E-state index contributed by atoms with van der Waals surface area (Å²) in [6, 6.07) is 15.1. The molecule has 2 amide bonds. The molecular formula is C22H26N2O3. The monoisotopic (exact) mass is 366 g/mol. The molecule has 1 heterocycles. The number of urea groups is 1. The maximum Gasteiger partial charge on any atom is 0.337 e. The van der Waals surface area contributed by atoms with Crippen molar-refractivity contribution in [2.24, 2.45) is 0 Å². The lowest BCUT2D eigenvalue weighted by Crippen LogP contribution is -2.38. The van der Waals surface area contributed by atoms with E-state index < -0.39 is 0 Å². The zero-order valence-electron chi connectivity index (χ0n) is 15.9. The van der Waals surface area contributed by atoms with E-state index in [1.807, 2.05) is 4.90 Å². The number of nitrogens with one attached hydrogen (secondary N) is 1. The number of aryl methyl sites for hydroxylation is 1. The number of ether oxygens (including phenoxy) is 1. The molecule has 1 atom stereocenters. The van der Waals surface area contributed by atoms with Gasteiger partial charge in [-0.2, -0.15) is 0 Å². The van der Waals surface area contributed by atoms with Crippen LogP contribution in [0.4, 0.5) is 10.5 Å². The number of amides is 2. The molecule has 2 aromatic rings. The minimum absolute atomic E-state index is 0.0849. The van der Waals surface area contributed by atoms with Crippen molar-refractivity contribution < 1.29 is 14.3 Å². The molecule has 1 fully saturated rings. The van der Waals surface area contributed by atoms with Crippen molar-refractivity contribution in [3.8, 4) is 0 Å². The summed E-state index contributed by atoms with van der Waals surface area (Å²) in [5, 5.41) is 2.97. The SMILES string of the molecule is COC(=O)c1ccc(NC(=O)N2CCCCCC2c2cccc(C)c2)cc1. The van der Waals surface area contributed by atoms with Gasteiger partial charge in [-0.05, 0) is 49.6 Å². The smallest absolute Gasteiger partial charge is 0.337 e. The predicted molar refractivity (Wildman–Crippen MR) is 106 cm³/mol. The molecule has 0 aromatic heterocycles. The maximum absolute atomic E-state index is 13.0. The van der Waals surface area contributed by atoms with Gasteiger partial charge < -0.3 is 15.0 Å². The highest BCUT2D eigenvalue weighted by molar-refractivity contribution is 5.92. The van der Waals surface area contributed by atoms with Gasteiger partial charge in [0.1, 0.15) is 0 Å². The number of carbonyl (C=O) groups excluding carboxylic acids is 2. The molecule has 1 aliphatic heterocycles. The molecule has 142 valence electrons. The molecular weight excluding hydrogens is 340 g/mol. The van der Waals surface area contributed by atoms with Crippen LogP contribution >= 0.6 is 0 Å². The molecule has 2 aromatic carbocycles. The van der Waals surface area contributed by atoms with Gasteiger partial charge >= 0.3 is 12.0 Å². The molecule has 0 radical (unpaired) electrons. The lowest BCUT2D eigenvalue weighted by molar-refractivity contribution is 0.0600. The van der Waals surface area contributed by atoms with Gasteiger partial charge in [-0.1, -0.05) is 42.7 Å². The quantitative estimate of drug-likeness (QED) is 0.784. The Morgan fingerprint density at radius 3 is 2.56 bits per heavy atom. The number of anilines is 1. The highest BCUT2D eigenvalue weighted by Gasteiger charge is 2.27. The van der Waals surface area contributed by atoms with Crippen LogP contribution in [0.25, 0.3) is 0 Å². The van der Waals surface area contributed by atoms with Crippen LogP contribution in [0, 0.1) is 6.92 Å². The minimum Gasteiger partial charge on any atom is -0.465 e. The van der Waals surface area contributed by atoms with Crippen molar-refractivity contribution in [2.75, 3.05) is 19.0 Å². The zero-order chi connectivity index (χ0) is 19.2. The Kier molecular flexibility index (Phi) is 6.12. The van der Waals surface area contributed by atoms with Crippen molar-refractivity contribution in [1.82, 2.24) is 4.90 Å². The normalized spacial score (nSPS) is 17.1. The molecule has 1 aliphatic rings. The highest BCUT2D eigenvalue weighted by Crippen LogP contribution is 2.31. The van der Waals surface area contributed by atoms with Crippen LogP contribution in [0.3, 0.4) is 0 Å². The summed E-state index contributed by atoms with van der Waals surface area (Å²) in [6.45, 7) is 2.82. The Bertz CT molecular complexity index is 801. The van der Waals surface area contributed by atoms with Crippen molar-refractivity contribution in [3.63, 3.8) is 0 Å². The number of benzene rings is 2. The van der Waals surface area contributed by atoms with E-state index in [0.717, 1.165) is 32.2 Å². The van der Waals surface area contributed by atoms with Crippen LogP contribution < -0.4 is 5.32 Å². The predicted octanol–water partition coefficient (Wildman–Crippen LogP) is 4.93. The number of likely N-dealkylation sites (tertiary alicyclic amines) is 1. The first kappa shape index (κ1) is 19.0. The third kappa shape index (κ3) is 4.67. The molecule has 5 heteroatoms. The van der Waals surface area contributed by atoms with E-state index in [0.29, 0.717) is 11.3 Å². The maximum atomic E-state index is 13.0. The van der Waals surface area contributed by atoms with Crippen molar-refractivity contribution in [2.45, 2.75) is 38.6 Å². The van der Waals surface area contributed by atoms with Gasteiger partial charge in [0.25, 0.3) is 0 Å². The van der Waals surface area contributed by atoms with Crippen LogP contribution in [0.2, 0.25) is 0 Å². The number of esters is 1. The molecule has 3 rings (SSSR count). The average Bonchev–Trinajstić information content (AvgIpc) is 2.94. The van der Waals surface area contributed by atoms with E-state index in [2.05, 4.69) is 36.5 Å². The second-order valence-corrected chi connectivity index (χ2v) is 6.97. The van der Waals surface area contributed by atoms with E-state index in [4.69, 9.17) is 4.74 Å². The van der Waals surface area contributed by atoms with Gasteiger partial charge in [-0.25, -0.2) is 9.59 Å². The Hall–Kier alpha value is -2.82. The molecule has 0 spiro atoms. The van der Waals surface area contributed by atoms with Gasteiger partial charge in [-0.3, -0.25) is 0 Å². The fourth-order valence-electron chi connectivity index (χ4n) is 3.58. The summed E-state index contributed by atoms with van der Waals surface area (Å²) in [6.07, 6.45) is 4.24. The van der Waals surface area contributed by atoms with Gasteiger partial charge in [0.05, 0.1) is 18.7 Å². The van der Waals surface area contributed by atoms with E-state index in [9.17, 15) is 9.59 Å². The van der Waals surface area contributed by atoms with E-state index >= 15 is 0 Å². The lowest BCUT2D eigenvalue weighted by Gasteiger charge is -2.31. The van der Waals surface area contributed by atoms with Crippen LogP contribution in [0.1, 0.15) is 53.2 Å². The summed E-state index contributed by atoms with van der Waals surface area (Å²) >= 11 is 0. The largest absolute Gasteiger partial charge is 0.465 e. The fraction of sp³-hybridized carbons (Fsp3) is 0.364. The minimum atomic E-state index is -0.389. The lowest BCUT2D eigenvalue weighted by atomic mass is 9.99. The molecule has 5 nitrogen and oxygen atoms in total. The molecule has 0 bridgehead atoms. The zero-order valence-corrected chi connectivity index (χ0v) is 15.9. The summed E-state index contributed by atoms with van der Waals surface area (Å²) in [5.41, 5.74) is 3.52. The first-order valence-electron chi connectivity index (χ1n) is 9.41. The molecule has 1 unspecified atom stereocenters. The number of hydrogen-bond donors (Lipinski definition) is 1. The third-order valence-electron chi connectivity index (χ3n) is 5.00. The summed E-state index contributed by atoms with van der Waals surface area (Å²) < 4.78 is 4.70. The number of methoxy groups -OCH3 is 1. The Morgan fingerprint density at radius 1 is 1.07 bits per heavy atom. The number of hydrogen-bond acceptors (Lipinski definition) is 3. The van der Waals surface area contributed by atoms with Crippen molar-refractivity contribution in [3.05, 3.63) is 65.2 Å². The highest BCUT2D eigenvalue weighted by atomic mass is 16.5. The second kappa shape index (κ2) is 8.71. The van der Waals surface area contributed by atoms with E-state index in [1.54, 1.807) is 24.3 Å². The summed E-state index contributed by atoms with van der Waals surface area (Å²) in [5.74, 6) is -0.389. The van der Waals surface area contributed by atoms with Crippen molar-refractivity contribution >= 4 is 17.7 Å². The second-order valence-electron chi connectivity index (χ2n) is 6.97. The van der Waals surface area contributed by atoms with E-state index in [1.165, 1.54) is 18.2 Å². The van der Waals surface area contributed by atoms with E-state index in [-0.39, 0.29) is 18.0 Å². The number of carbonyl (C=O) groups is 2. The Labute approximate surface area is 160 Å². The fourth-order valence-corrected chi connectivity index (χ4v) is 3.58. The number of nitrogens with zero attached hydrogens (tertiary/aromatic N) is 1. The van der Waals surface area contributed by atoms with Crippen molar-refractivity contribution in [1.29, 1.82) is 0 Å². The molecule has 0 saturated carbocycles. The van der Waals surface area contributed by atoms with Gasteiger partial charge in [0, 0.05) is 12.2 Å². The first-order chi connectivity index (χ1) is 13.1. The summed E-state index contributed by atoms with van der Waals surface area (Å²) in [7, 11) is 1.35. The standard InChI is InChI=1S/C22H26N2O3/c1-16-7-6-8-18(15-16)20-9-4-3-5-14-24(20)22(26)23-19-12-10-17(11-13-19)21(25)27-2/h6-8,10-13,15,20H,3-5,9,14H2,1-2H3,(H,23,26). The average molecular weight is 366 g/mol. The van der Waals surface area contributed by atoms with Gasteiger partial charge in [-0.15, -0.1) is 0 Å². The Balaban J connectivity index is 1.77. The number of rotatable bonds is 3. The first-order valence-corrected chi connectivity index (χ1v) is 9.41. The Morgan fingerprint density at radius 2 is 1.85 bits per heavy atom. The van der Waals surface area contributed by atoms with Crippen LogP contribution in [-0.4, -0.2) is 30.6 Å². The topological polar surface area (TPSA) is 58.6 Å². The summed E-state index contributed by atoms with van der Waals surface area (Å²) in [4.78, 5) is 26.5. The molecule has 27 heavy (non-hydrogen) atoms. The van der Waals surface area contributed by atoms with Gasteiger partial charge in [0.2, 0.25) is 0 Å². The van der Waals surface area contributed by atoms with Gasteiger partial charge in [0.15, 0.2) is 0 Å². The van der Waals surface area contributed by atoms with Crippen LogP contribution in [0.5, 0.6) is 0 Å². The van der Waals surface area contributed by atoms with Crippen LogP contribution in [0.15, 0.2) is 48.5 Å². The third-order valence-corrected chi connectivity index (χ3v) is 5.00.